The Morgan fingerprint density at radius 1 is 0.408 bits per heavy atom. The number of imidazole rings is 1. The minimum Gasteiger partial charge on any atom is -0.510 e. The van der Waals surface area contributed by atoms with Gasteiger partial charge in [0.15, 0.2) is 16.1 Å². The van der Waals surface area contributed by atoms with Gasteiger partial charge in [0.05, 0.1) is 16.7 Å². The summed E-state index contributed by atoms with van der Waals surface area (Å²) in [4.78, 5) is 5.03. The number of hydrogen-bond acceptors (Lipinski definition) is 3. The van der Waals surface area contributed by atoms with Crippen LogP contribution in [0.25, 0.3) is 94.2 Å². The van der Waals surface area contributed by atoms with Crippen LogP contribution >= 0.6 is 0 Å². The van der Waals surface area contributed by atoms with E-state index in [1.54, 1.807) is 0 Å². The van der Waals surface area contributed by atoms with Crippen molar-refractivity contribution in [2.24, 2.45) is 0 Å². The standard InChI is InChI=1S/C94H68N4O2Si2.Pt/c1-94(2,3)68-58-59-95-90(62-68)98-87-57-56-83-82-48-22-25-53-89(82)100-93(83)91(87)84-55-54-71(64-88(84)98)99-70-33-28-32-69(63-70)96-65-97(86-52-24-23-51-85(86)96)92-80(66-30-26-46-78(60-66)101(72-34-10-4-11-35-72,73-36-12-5-13-37-73)74-38-14-6-15-39-74)49-29-50-81(92)67-31-27-47-79(61-67)102(75-40-16-7-17-41-75,76-42-18-8-19-43-76)77-44-20-9-21-45-77;/h4-62H,1-3H3;/q-2;. The van der Waals surface area contributed by atoms with Gasteiger partial charge < -0.3 is 18.3 Å². The Labute approximate surface area is 616 Å². The summed E-state index contributed by atoms with van der Waals surface area (Å²) in [6.07, 6.45) is 5.92. The molecule has 0 aliphatic carbocycles. The zero-order valence-corrected chi connectivity index (χ0v) is 61.3. The van der Waals surface area contributed by atoms with Gasteiger partial charge in [-0.3, -0.25) is 4.57 Å². The molecule has 18 aromatic rings. The third-order valence-electron chi connectivity index (χ3n) is 20.5. The van der Waals surface area contributed by atoms with E-state index in [9.17, 15) is 0 Å². The van der Waals surface area contributed by atoms with Gasteiger partial charge in [-0.15, -0.1) is 24.3 Å². The Kier molecular flexibility index (Phi) is 16.7. The molecule has 6 nitrogen and oxygen atoms in total. The molecule has 496 valence electrons. The van der Waals surface area contributed by atoms with Crippen LogP contribution in [0.5, 0.6) is 11.5 Å². The molecule has 103 heavy (non-hydrogen) atoms. The molecule has 0 amide bonds. The monoisotopic (exact) mass is 1540 g/mol. The first-order valence-electron chi connectivity index (χ1n) is 34.8. The molecule has 4 aromatic heterocycles. The van der Waals surface area contributed by atoms with E-state index < -0.39 is 16.1 Å². The van der Waals surface area contributed by atoms with Gasteiger partial charge in [0.25, 0.3) is 6.33 Å². The van der Waals surface area contributed by atoms with Gasteiger partial charge in [-0.25, -0.2) is 4.98 Å². The van der Waals surface area contributed by atoms with E-state index in [1.165, 1.54) is 47.1 Å². The van der Waals surface area contributed by atoms with Crippen LogP contribution < -0.4 is 50.8 Å². The first-order valence-corrected chi connectivity index (χ1v) is 38.8. The predicted molar refractivity (Wildman–Crippen MR) is 424 cm³/mol. The van der Waals surface area contributed by atoms with Crippen molar-refractivity contribution in [3.8, 4) is 50.9 Å². The van der Waals surface area contributed by atoms with Gasteiger partial charge in [0.2, 0.25) is 0 Å². The second-order valence-electron chi connectivity index (χ2n) is 27.3. The number of aromatic nitrogens is 4. The minimum atomic E-state index is -2.99. The first kappa shape index (κ1) is 64.6. The summed E-state index contributed by atoms with van der Waals surface area (Å²) in [5.41, 5.74) is 12.5. The predicted octanol–water partition coefficient (Wildman–Crippen LogP) is 16.9. The molecule has 0 aliphatic heterocycles. The minimum absolute atomic E-state index is 0. The maximum atomic E-state index is 6.98. The summed E-state index contributed by atoms with van der Waals surface area (Å²) < 4.78 is 20.3. The van der Waals surface area contributed by atoms with Crippen molar-refractivity contribution in [3.05, 3.63) is 382 Å². The van der Waals surface area contributed by atoms with Crippen LogP contribution in [0.4, 0.5) is 0 Å². The fourth-order valence-corrected chi connectivity index (χ4v) is 25.5. The van der Waals surface area contributed by atoms with Crippen molar-refractivity contribution >= 4 is 112 Å². The van der Waals surface area contributed by atoms with Gasteiger partial charge in [-0.1, -0.05) is 323 Å². The van der Waals surface area contributed by atoms with Crippen LogP contribution in [0.1, 0.15) is 26.3 Å². The van der Waals surface area contributed by atoms with E-state index in [0.29, 0.717) is 11.5 Å². The topological polar surface area (TPSA) is 49.0 Å². The number of para-hydroxylation sites is 4. The van der Waals surface area contributed by atoms with Crippen molar-refractivity contribution in [3.63, 3.8) is 0 Å². The van der Waals surface area contributed by atoms with E-state index in [0.717, 1.165) is 94.2 Å². The van der Waals surface area contributed by atoms with Crippen LogP contribution in [-0.2, 0) is 26.5 Å². The average Bonchev–Trinajstić information content (AvgIpc) is 1.71. The third-order valence-corrected chi connectivity index (χ3v) is 30.0. The van der Waals surface area contributed by atoms with E-state index in [4.69, 9.17) is 14.1 Å². The smallest absolute Gasteiger partial charge is 0.268 e. The van der Waals surface area contributed by atoms with Crippen LogP contribution in [0.2, 0.25) is 0 Å². The number of furan rings is 1. The molecule has 18 rings (SSSR count). The summed E-state index contributed by atoms with van der Waals surface area (Å²) >= 11 is 0. The first-order chi connectivity index (χ1) is 50.2. The second-order valence-corrected chi connectivity index (χ2v) is 34.9. The molecule has 0 bridgehead atoms. The van der Waals surface area contributed by atoms with Crippen LogP contribution in [0.3, 0.4) is 0 Å². The number of nitrogens with zero attached hydrogens (tertiary/aromatic N) is 4. The summed E-state index contributed by atoms with van der Waals surface area (Å²) in [7, 11) is -5.97. The summed E-state index contributed by atoms with van der Waals surface area (Å²) in [6.45, 7) is 6.69. The molecule has 9 heteroatoms. The van der Waals surface area contributed by atoms with E-state index in [1.807, 2.05) is 36.5 Å². The van der Waals surface area contributed by atoms with E-state index in [-0.39, 0.29) is 26.5 Å². The fourth-order valence-electron chi connectivity index (χ4n) is 15.9. The number of benzene rings is 14. The number of hydrogen-bond donors (Lipinski definition) is 0. The quantitative estimate of drug-likeness (QED) is 0.0445. The second kappa shape index (κ2) is 26.6. The van der Waals surface area contributed by atoms with Crippen LogP contribution in [0, 0.1) is 18.5 Å². The molecule has 0 saturated heterocycles. The fraction of sp³-hybridized carbons (Fsp3) is 0.0426. The Morgan fingerprint density at radius 3 is 1.44 bits per heavy atom. The van der Waals surface area contributed by atoms with Gasteiger partial charge in [-0.2, -0.15) is 18.2 Å². The number of pyridine rings is 1. The number of ether oxygens (including phenoxy) is 1. The molecular weight excluding hydrogens is 1470 g/mol. The van der Waals surface area contributed by atoms with Gasteiger partial charge in [0.1, 0.15) is 17.0 Å². The normalized spacial score (nSPS) is 12.0. The Hall–Kier alpha value is -11.8. The summed E-state index contributed by atoms with van der Waals surface area (Å²) in [5.74, 6) is 1.85. The number of rotatable bonds is 15. The molecule has 0 fully saturated rings. The summed E-state index contributed by atoms with van der Waals surface area (Å²) in [5, 5.41) is 14.5. The molecule has 0 N–H and O–H groups in total. The average molecular weight is 1540 g/mol. The molecule has 0 spiro atoms. The van der Waals surface area contributed by atoms with E-state index in [2.05, 4.69) is 374 Å². The van der Waals surface area contributed by atoms with Gasteiger partial charge in [0, 0.05) is 55.1 Å². The van der Waals surface area contributed by atoms with Crippen molar-refractivity contribution in [2.75, 3.05) is 0 Å². The van der Waals surface area contributed by atoms with Crippen molar-refractivity contribution in [1.29, 1.82) is 0 Å². The van der Waals surface area contributed by atoms with Gasteiger partial charge >= 0.3 is 0 Å². The zero-order valence-electron chi connectivity index (χ0n) is 57.0. The molecule has 0 unspecified atom stereocenters. The van der Waals surface area contributed by atoms with E-state index >= 15 is 0 Å². The molecule has 0 radical (unpaired) electrons. The largest absolute Gasteiger partial charge is 0.510 e. The molecule has 0 aliphatic rings. The van der Waals surface area contributed by atoms with Crippen LogP contribution in [0.15, 0.2) is 362 Å². The van der Waals surface area contributed by atoms with Crippen LogP contribution in [-0.4, -0.2) is 30.3 Å². The maximum Gasteiger partial charge on any atom is 0.268 e. The van der Waals surface area contributed by atoms with Crippen molar-refractivity contribution < 1.29 is 34.8 Å². The Bertz CT molecular complexity index is 5770. The summed E-state index contributed by atoms with van der Waals surface area (Å²) in [6, 6.07) is 136. The third kappa shape index (κ3) is 11.0. The zero-order chi connectivity index (χ0) is 68.4. The molecule has 0 saturated carbocycles. The molecule has 14 aromatic carbocycles. The number of fused-ring (bicyclic) bond motifs is 8. The SMILES string of the molecule is CC(C)(C)c1ccnc(-n2c3[c-]c(Oc4[c-]c(-n5[c-][n+](-c6c(-c7cccc([Si](c8ccccc8)(c8ccccc8)c8ccccc8)c7)cccc6-c6cccc([Si](c7ccccc7)(c7ccccc7)c7ccccc7)c6)c6ccccc65)ccc4)ccc3c3c4oc5ccccc5c4ccc32)c1.[Pt]. The Morgan fingerprint density at radius 2 is 0.883 bits per heavy atom. The molecule has 4 heterocycles. The van der Waals surface area contributed by atoms with Crippen molar-refractivity contribution in [2.45, 2.75) is 26.2 Å². The Balaban J connectivity index is 0.00000787. The molecule has 0 atom stereocenters. The van der Waals surface area contributed by atoms with Crippen molar-refractivity contribution in [1.82, 2.24) is 14.1 Å². The molecular formula is C94H68N4O2PtSi2-2. The maximum absolute atomic E-state index is 6.98. The van der Waals surface area contributed by atoms with Gasteiger partial charge in [-0.05, 0) is 116 Å².